The predicted molar refractivity (Wildman–Crippen MR) is 55.6 cm³/mol. The number of ketones is 1. The van der Waals surface area contributed by atoms with Crippen LogP contribution in [0.15, 0.2) is 29.4 Å². The molecule has 14 heavy (non-hydrogen) atoms. The summed E-state index contributed by atoms with van der Waals surface area (Å²) in [5, 5.41) is 3.51. The number of carbonyl (C=O) groups is 1. The number of nitrogens with zero attached hydrogens (tertiary/aromatic N) is 1. The van der Waals surface area contributed by atoms with Crippen molar-refractivity contribution in [2.75, 3.05) is 7.11 Å². The van der Waals surface area contributed by atoms with Crippen molar-refractivity contribution < 1.29 is 9.63 Å². The predicted octanol–water partition coefficient (Wildman–Crippen LogP) is 2.20. The van der Waals surface area contributed by atoms with E-state index in [2.05, 4.69) is 9.99 Å². The molecule has 0 aliphatic rings. The highest BCUT2D eigenvalue weighted by atomic mass is 16.6. The van der Waals surface area contributed by atoms with Gasteiger partial charge in [0.25, 0.3) is 0 Å². The first-order valence-electron chi connectivity index (χ1n) is 4.39. The topological polar surface area (TPSA) is 38.7 Å². The van der Waals surface area contributed by atoms with Gasteiger partial charge in [0.1, 0.15) is 7.11 Å². The molecular formula is C11H13NO2. The first-order chi connectivity index (χ1) is 6.74. The van der Waals surface area contributed by atoms with Crippen molar-refractivity contribution in [1.82, 2.24) is 0 Å². The normalized spacial score (nSPS) is 10.4. The molecule has 0 spiro atoms. The summed E-state index contributed by atoms with van der Waals surface area (Å²) in [6, 6.07) is 7.47. The summed E-state index contributed by atoms with van der Waals surface area (Å²) in [7, 11) is 1.45. The van der Waals surface area contributed by atoms with E-state index in [0.717, 1.165) is 5.56 Å². The fraction of sp³-hybridized carbons (Fsp3) is 0.273. The maximum atomic E-state index is 11.5. The Morgan fingerprint density at radius 2 is 2.07 bits per heavy atom. The van der Waals surface area contributed by atoms with Gasteiger partial charge in [-0.25, -0.2) is 0 Å². The van der Waals surface area contributed by atoms with Crippen LogP contribution in [0.3, 0.4) is 0 Å². The Morgan fingerprint density at radius 3 is 2.64 bits per heavy atom. The lowest BCUT2D eigenvalue weighted by atomic mass is 10.1. The summed E-state index contributed by atoms with van der Waals surface area (Å²) in [5.41, 5.74) is 1.85. The highest BCUT2D eigenvalue weighted by Gasteiger charge is 2.02. The van der Waals surface area contributed by atoms with Gasteiger partial charge < -0.3 is 4.84 Å². The fourth-order valence-electron chi connectivity index (χ4n) is 1.05. The van der Waals surface area contributed by atoms with Gasteiger partial charge in [-0.1, -0.05) is 35.0 Å². The van der Waals surface area contributed by atoms with Crippen LogP contribution in [0.2, 0.25) is 0 Å². The molecule has 1 aromatic rings. The highest BCUT2D eigenvalue weighted by Crippen LogP contribution is 2.05. The molecule has 0 aliphatic carbocycles. The number of Topliss-reactive ketones (excluding diaryl/α,β-unsaturated/α-hetero) is 1. The molecule has 0 heterocycles. The van der Waals surface area contributed by atoms with E-state index >= 15 is 0 Å². The van der Waals surface area contributed by atoms with Gasteiger partial charge in [0, 0.05) is 12.0 Å². The van der Waals surface area contributed by atoms with E-state index in [0.29, 0.717) is 5.56 Å². The van der Waals surface area contributed by atoms with Crippen LogP contribution in [0, 0.1) is 6.92 Å². The van der Waals surface area contributed by atoms with E-state index in [9.17, 15) is 4.79 Å². The van der Waals surface area contributed by atoms with Gasteiger partial charge in [0.05, 0.1) is 6.21 Å². The molecule has 0 radical (unpaired) electrons. The lowest BCUT2D eigenvalue weighted by Gasteiger charge is -1.97. The molecule has 3 nitrogen and oxygen atoms in total. The number of hydrogen-bond acceptors (Lipinski definition) is 3. The average molecular weight is 191 g/mol. The molecule has 74 valence electrons. The molecule has 3 heteroatoms. The fourth-order valence-corrected chi connectivity index (χ4v) is 1.05. The van der Waals surface area contributed by atoms with Gasteiger partial charge in [-0.15, -0.1) is 0 Å². The molecule has 1 rings (SSSR count). The number of aryl methyl sites for hydroxylation is 1. The van der Waals surface area contributed by atoms with Gasteiger partial charge in [0.15, 0.2) is 5.78 Å². The Labute approximate surface area is 83.4 Å². The molecule has 0 aliphatic heterocycles. The van der Waals surface area contributed by atoms with Gasteiger partial charge in [-0.05, 0) is 6.92 Å². The zero-order valence-corrected chi connectivity index (χ0v) is 8.36. The zero-order valence-electron chi connectivity index (χ0n) is 8.36. The summed E-state index contributed by atoms with van der Waals surface area (Å²) < 4.78 is 0. The number of rotatable bonds is 4. The second-order valence-electron chi connectivity index (χ2n) is 2.96. The SMILES string of the molecule is CO/N=C/CC(=O)c1ccc(C)cc1. The standard InChI is InChI=1S/C11H13NO2/c1-9-3-5-10(6-4-9)11(13)7-8-12-14-2/h3-6,8H,7H2,1-2H3/b12-8+. The lowest BCUT2D eigenvalue weighted by molar-refractivity contribution is 0.1000. The monoisotopic (exact) mass is 191 g/mol. The quantitative estimate of drug-likeness (QED) is 0.415. The number of oxime groups is 1. The largest absolute Gasteiger partial charge is 0.399 e. The van der Waals surface area contributed by atoms with Crippen molar-refractivity contribution in [3.63, 3.8) is 0 Å². The average Bonchev–Trinajstić information content (AvgIpc) is 2.19. The summed E-state index contributed by atoms with van der Waals surface area (Å²) in [6.45, 7) is 1.99. The smallest absolute Gasteiger partial charge is 0.168 e. The van der Waals surface area contributed by atoms with Gasteiger partial charge in [0.2, 0.25) is 0 Å². The van der Waals surface area contributed by atoms with Crippen LogP contribution in [0.5, 0.6) is 0 Å². The van der Waals surface area contributed by atoms with E-state index in [1.807, 2.05) is 31.2 Å². The van der Waals surface area contributed by atoms with Crippen molar-refractivity contribution >= 4 is 12.0 Å². The molecule has 0 saturated carbocycles. The molecule has 0 aromatic heterocycles. The Hall–Kier alpha value is -1.64. The summed E-state index contributed by atoms with van der Waals surface area (Å²) >= 11 is 0. The second-order valence-corrected chi connectivity index (χ2v) is 2.96. The number of carbonyl (C=O) groups excluding carboxylic acids is 1. The van der Waals surface area contributed by atoms with Crippen LogP contribution in [0.1, 0.15) is 22.3 Å². The van der Waals surface area contributed by atoms with Crippen molar-refractivity contribution in [2.24, 2.45) is 5.16 Å². The molecule has 0 bridgehead atoms. The maximum Gasteiger partial charge on any atom is 0.168 e. The van der Waals surface area contributed by atoms with Crippen molar-refractivity contribution in [3.05, 3.63) is 35.4 Å². The highest BCUT2D eigenvalue weighted by molar-refractivity contribution is 6.03. The van der Waals surface area contributed by atoms with Gasteiger partial charge in [-0.2, -0.15) is 0 Å². The first kappa shape index (κ1) is 10.4. The van der Waals surface area contributed by atoms with Gasteiger partial charge in [-0.3, -0.25) is 4.79 Å². The van der Waals surface area contributed by atoms with Crippen molar-refractivity contribution in [2.45, 2.75) is 13.3 Å². The Bertz CT molecular complexity index is 328. The lowest BCUT2D eigenvalue weighted by Crippen LogP contribution is -1.99. The van der Waals surface area contributed by atoms with Crippen molar-refractivity contribution in [3.8, 4) is 0 Å². The third-order valence-electron chi connectivity index (χ3n) is 1.83. The Balaban J connectivity index is 2.61. The summed E-state index contributed by atoms with van der Waals surface area (Å²) in [4.78, 5) is 15.9. The van der Waals surface area contributed by atoms with Crippen LogP contribution >= 0.6 is 0 Å². The molecular weight excluding hydrogens is 178 g/mol. The minimum absolute atomic E-state index is 0.0470. The third kappa shape index (κ3) is 3.01. The maximum absolute atomic E-state index is 11.5. The molecule has 0 atom stereocenters. The minimum Gasteiger partial charge on any atom is -0.399 e. The summed E-state index contributed by atoms with van der Waals surface area (Å²) in [5.74, 6) is 0.0470. The van der Waals surface area contributed by atoms with Crippen LogP contribution in [-0.4, -0.2) is 19.1 Å². The van der Waals surface area contributed by atoms with E-state index in [1.165, 1.54) is 13.3 Å². The van der Waals surface area contributed by atoms with Crippen LogP contribution in [0.4, 0.5) is 0 Å². The van der Waals surface area contributed by atoms with Crippen molar-refractivity contribution in [1.29, 1.82) is 0 Å². The molecule has 0 N–H and O–H groups in total. The van der Waals surface area contributed by atoms with E-state index in [1.54, 1.807) is 0 Å². The van der Waals surface area contributed by atoms with E-state index in [4.69, 9.17) is 0 Å². The molecule has 0 amide bonds. The Morgan fingerprint density at radius 1 is 1.43 bits per heavy atom. The van der Waals surface area contributed by atoms with Crippen LogP contribution < -0.4 is 0 Å². The van der Waals surface area contributed by atoms with E-state index in [-0.39, 0.29) is 12.2 Å². The van der Waals surface area contributed by atoms with Crippen LogP contribution in [0.25, 0.3) is 0 Å². The molecule has 1 aromatic carbocycles. The number of benzene rings is 1. The molecule has 0 saturated heterocycles. The van der Waals surface area contributed by atoms with Gasteiger partial charge >= 0.3 is 0 Å². The Kier molecular flexibility index (Phi) is 3.85. The second kappa shape index (κ2) is 5.17. The first-order valence-corrected chi connectivity index (χ1v) is 4.39. The number of hydrogen-bond donors (Lipinski definition) is 0. The molecule has 0 unspecified atom stereocenters. The third-order valence-corrected chi connectivity index (χ3v) is 1.83. The van der Waals surface area contributed by atoms with E-state index < -0.39 is 0 Å². The summed E-state index contributed by atoms with van der Waals surface area (Å²) in [6.07, 6.45) is 1.74. The van der Waals surface area contributed by atoms with Crippen LogP contribution in [-0.2, 0) is 4.84 Å². The zero-order chi connectivity index (χ0) is 10.4. The minimum atomic E-state index is 0.0470. The molecule has 0 fully saturated rings.